The third-order valence-corrected chi connectivity index (χ3v) is 12.2. The monoisotopic (exact) mass is 803 g/mol. The molecular formula is C46H53N5O6S. The van der Waals surface area contributed by atoms with Gasteiger partial charge in [-0.25, -0.2) is 14.8 Å². The molecule has 0 unspecified atom stereocenters. The second-order valence-corrected chi connectivity index (χ2v) is 17.4. The van der Waals surface area contributed by atoms with Gasteiger partial charge in [-0.15, -0.1) is 0 Å². The minimum atomic E-state index is -1.10. The summed E-state index contributed by atoms with van der Waals surface area (Å²) in [5.41, 5.74) is 6.18. The first-order valence-electron chi connectivity index (χ1n) is 20.3. The minimum absolute atomic E-state index is 0.000146. The second kappa shape index (κ2) is 17.7. The van der Waals surface area contributed by atoms with Gasteiger partial charge in [-0.2, -0.15) is 0 Å². The molecule has 7 rings (SSSR count). The van der Waals surface area contributed by atoms with Crippen LogP contribution in [0.3, 0.4) is 0 Å². The number of nitrogens with one attached hydrogen (secondary N) is 1. The van der Waals surface area contributed by atoms with Gasteiger partial charge in [0.1, 0.15) is 11.6 Å². The molecule has 0 saturated carbocycles. The molecule has 58 heavy (non-hydrogen) atoms. The fraction of sp³-hybridized carbons (Fsp3) is 0.413. The highest BCUT2D eigenvalue weighted by Crippen LogP contribution is 2.40. The Kier molecular flexibility index (Phi) is 12.4. The van der Waals surface area contributed by atoms with Crippen molar-refractivity contribution in [2.45, 2.75) is 78.7 Å². The summed E-state index contributed by atoms with van der Waals surface area (Å²) < 4.78 is 12.3. The highest BCUT2D eigenvalue weighted by atomic mass is 32.1. The molecule has 2 aliphatic rings. The van der Waals surface area contributed by atoms with Gasteiger partial charge in [-0.05, 0) is 135 Å². The fourth-order valence-corrected chi connectivity index (χ4v) is 9.04. The predicted molar refractivity (Wildman–Crippen MR) is 229 cm³/mol. The van der Waals surface area contributed by atoms with Crippen molar-refractivity contribution in [1.29, 1.82) is 0 Å². The number of anilines is 2. The number of piperidine rings is 1. The maximum absolute atomic E-state index is 13.7. The Morgan fingerprint density at radius 3 is 2.50 bits per heavy atom. The second-order valence-electron chi connectivity index (χ2n) is 16.4. The quantitative estimate of drug-likeness (QED) is 0.0878. The number of carbonyl (C=O) groups excluding carboxylic acids is 2. The third-order valence-electron chi connectivity index (χ3n) is 11.2. The topological polar surface area (TPSA) is 134 Å². The van der Waals surface area contributed by atoms with Gasteiger partial charge in [0.25, 0.3) is 5.91 Å². The number of aromatic nitrogens is 2. The van der Waals surface area contributed by atoms with Crippen LogP contribution in [0, 0.1) is 12.8 Å². The largest absolute Gasteiger partial charge is 0.494 e. The molecule has 1 fully saturated rings. The van der Waals surface area contributed by atoms with E-state index >= 15 is 0 Å². The lowest BCUT2D eigenvalue weighted by Crippen LogP contribution is -2.38. The standard InChI is InChI=1S/C46H53N5O6S/c1-6-56-40(52)28-50-21-18-30(19-22-50)11-10-24-57-32-16-17-33(29(2)25-32)41-36(46(3,4)5)26-39(48-42(41)44(54)55)51-23-20-31-12-9-13-34(35(31)27-51)43(53)49-45-47-37-14-7-8-15-38(37)58-45/h7-9,12-17,25-26,30H,6,10-11,18-24,27-28H2,1-5H3,(H,54,55)(H,47,49,53). The van der Waals surface area contributed by atoms with Crippen molar-refractivity contribution in [3.05, 3.63) is 100 Å². The number of aromatic carboxylic acids is 1. The highest BCUT2D eigenvalue weighted by molar-refractivity contribution is 7.22. The van der Waals surface area contributed by atoms with Crippen LogP contribution in [0.5, 0.6) is 5.75 Å². The van der Waals surface area contributed by atoms with Crippen LogP contribution in [0.4, 0.5) is 10.9 Å². The first-order chi connectivity index (χ1) is 27.9. The molecule has 0 aliphatic carbocycles. The van der Waals surface area contributed by atoms with Crippen LogP contribution in [0.2, 0.25) is 0 Å². The van der Waals surface area contributed by atoms with Crippen molar-refractivity contribution in [2.75, 3.05) is 49.6 Å². The van der Waals surface area contributed by atoms with E-state index in [1.807, 2.05) is 74.5 Å². The van der Waals surface area contributed by atoms with Crippen LogP contribution < -0.4 is 15.0 Å². The Morgan fingerprint density at radius 2 is 1.78 bits per heavy atom. The molecule has 0 spiro atoms. The number of rotatable bonds is 13. The number of benzene rings is 3. The zero-order valence-electron chi connectivity index (χ0n) is 34.1. The highest BCUT2D eigenvalue weighted by Gasteiger charge is 2.31. The van der Waals surface area contributed by atoms with Crippen LogP contribution in [0.25, 0.3) is 21.3 Å². The third kappa shape index (κ3) is 9.34. The van der Waals surface area contributed by atoms with Crippen molar-refractivity contribution in [2.24, 2.45) is 5.92 Å². The smallest absolute Gasteiger partial charge is 0.355 e. The molecule has 4 heterocycles. The van der Waals surface area contributed by atoms with Gasteiger partial charge in [0.05, 0.1) is 30.0 Å². The van der Waals surface area contributed by atoms with Gasteiger partial charge >= 0.3 is 11.9 Å². The van der Waals surface area contributed by atoms with Gasteiger partial charge in [0.2, 0.25) is 0 Å². The van der Waals surface area contributed by atoms with Crippen LogP contribution in [0.1, 0.15) is 96.5 Å². The predicted octanol–water partition coefficient (Wildman–Crippen LogP) is 8.91. The summed E-state index contributed by atoms with van der Waals surface area (Å²) in [5.74, 6) is 0.460. The van der Waals surface area contributed by atoms with Crippen LogP contribution in [-0.2, 0) is 27.9 Å². The summed E-state index contributed by atoms with van der Waals surface area (Å²) >= 11 is 1.44. The summed E-state index contributed by atoms with van der Waals surface area (Å²) in [6.07, 6.45) is 4.82. The van der Waals surface area contributed by atoms with Crippen molar-refractivity contribution < 1.29 is 29.0 Å². The van der Waals surface area contributed by atoms with Crippen LogP contribution >= 0.6 is 11.3 Å². The summed E-state index contributed by atoms with van der Waals surface area (Å²) in [5, 5.41) is 14.2. The van der Waals surface area contributed by atoms with E-state index in [4.69, 9.17) is 14.5 Å². The Labute approximate surface area is 344 Å². The molecule has 2 aromatic heterocycles. The molecule has 5 aromatic rings. The number of pyridine rings is 1. The number of aryl methyl sites for hydroxylation is 1. The van der Waals surface area contributed by atoms with Gasteiger partial charge in [-0.1, -0.05) is 62.4 Å². The van der Waals surface area contributed by atoms with Crippen LogP contribution in [0.15, 0.2) is 66.7 Å². The first-order valence-corrected chi connectivity index (χ1v) is 21.1. The molecule has 0 radical (unpaired) electrons. The number of esters is 1. The molecule has 2 N–H and O–H groups in total. The van der Waals surface area contributed by atoms with Gasteiger partial charge < -0.3 is 19.5 Å². The van der Waals surface area contributed by atoms with Gasteiger partial charge in [0, 0.05) is 24.2 Å². The SMILES string of the molecule is CCOC(=O)CN1CCC(CCCOc2ccc(-c3c(C(C)(C)C)cc(N4CCc5cccc(C(=O)Nc6nc7ccccc7s6)c5C4)nc3C(=O)O)c(C)c2)CC1. The molecular weight excluding hydrogens is 751 g/mol. The zero-order valence-corrected chi connectivity index (χ0v) is 34.9. The number of amides is 1. The molecule has 2 aliphatic heterocycles. The number of thiazole rings is 1. The number of carboxylic acids is 1. The Hall–Kier alpha value is -5.33. The number of para-hydroxylation sites is 1. The van der Waals surface area contributed by atoms with E-state index in [0.717, 1.165) is 82.6 Å². The molecule has 0 atom stereocenters. The number of likely N-dealkylation sites (tertiary alicyclic amines) is 1. The first kappa shape index (κ1) is 40.9. The van der Waals surface area contributed by atoms with Gasteiger partial charge in [0.15, 0.2) is 10.8 Å². The number of hydrogen-bond donors (Lipinski definition) is 2. The van der Waals surface area contributed by atoms with Crippen molar-refractivity contribution in [3.8, 4) is 16.9 Å². The van der Waals surface area contributed by atoms with E-state index in [9.17, 15) is 19.5 Å². The summed E-state index contributed by atoms with van der Waals surface area (Å²) in [6.45, 7) is 14.3. The van der Waals surface area contributed by atoms with Crippen molar-refractivity contribution in [1.82, 2.24) is 14.9 Å². The van der Waals surface area contributed by atoms with Crippen molar-refractivity contribution in [3.63, 3.8) is 0 Å². The number of carbonyl (C=O) groups is 3. The Morgan fingerprint density at radius 1 is 0.983 bits per heavy atom. The maximum atomic E-state index is 13.7. The maximum Gasteiger partial charge on any atom is 0.355 e. The minimum Gasteiger partial charge on any atom is -0.494 e. The van der Waals surface area contributed by atoms with Gasteiger partial charge in [-0.3, -0.25) is 19.8 Å². The fourth-order valence-electron chi connectivity index (χ4n) is 8.18. The van der Waals surface area contributed by atoms with E-state index in [0.29, 0.717) is 67.3 Å². The van der Waals surface area contributed by atoms with E-state index in [1.165, 1.54) is 11.3 Å². The lowest BCUT2D eigenvalue weighted by molar-refractivity contribution is -0.144. The summed E-state index contributed by atoms with van der Waals surface area (Å²) in [6, 6.07) is 21.5. The molecule has 11 nitrogen and oxygen atoms in total. The average Bonchev–Trinajstić information content (AvgIpc) is 3.61. The van der Waals surface area contributed by atoms with E-state index in [1.54, 1.807) is 0 Å². The summed E-state index contributed by atoms with van der Waals surface area (Å²) in [4.78, 5) is 52.3. The van der Waals surface area contributed by atoms with Crippen LogP contribution in [-0.4, -0.2) is 77.2 Å². The molecule has 3 aromatic carbocycles. The number of hydrogen-bond acceptors (Lipinski definition) is 10. The molecule has 304 valence electrons. The summed E-state index contributed by atoms with van der Waals surface area (Å²) in [7, 11) is 0. The molecule has 1 amide bonds. The molecule has 1 saturated heterocycles. The number of nitrogens with zero attached hydrogens (tertiary/aromatic N) is 4. The lowest BCUT2D eigenvalue weighted by Gasteiger charge is -2.33. The van der Waals surface area contributed by atoms with E-state index in [-0.39, 0.29) is 17.6 Å². The molecule has 12 heteroatoms. The average molecular weight is 804 g/mol. The van der Waals surface area contributed by atoms with E-state index in [2.05, 4.69) is 46.9 Å². The normalized spacial score (nSPS) is 14.9. The molecule has 0 bridgehead atoms. The van der Waals surface area contributed by atoms with E-state index < -0.39 is 11.4 Å². The lowest BCUT2D eigenvalue weighted by atomic mass is 9.80. The van der Waals surface area contributed by atoms with Crippen molar-refractivity contribution >= 4 is 50.3 Å². The number of carboxylic acid groups (broad SMARTS) is 1. The zero-order chi connectivity index (χ0) is 41.0. The number of ether oxygens (including phenoxy) is 2. The Balaban J connectivity index is 1.06. The Bertz CT molecular complexity index is 2270. The number of fused-ring (bicyclic) bond motifs is 2.